The van der Waals surface area contributed by atoms with Gasteiger partial charge in [0.15, 0.2) is 0 Å². The highest BCUT2D eigenvalue weighted by molar-refractivity contribution is 6.46. The highest BCUT2D eigenvalue weighted by Gasteiger charge is 2.46. The fourth-order valence-corrected chi connectivity index (χ4v) is 3.79. The SMILES string of the molecule is CCCCN1C(=O)C(=O)/C(=C(/O)c2ccc(OCCC)c(C)c2)C1c1ccccc1F. The van der Waals surface area contributed by atoms with E-state index in [1.165, 1.54) is 11.0 Å². The van der Waals surface area contributed by atoms with Gasteiger partial charge >= 0.3 is 0 Å². The van der Waals surface area contributed by atoms with E-state index >= 15 is 0 Å². The van der Waals surface area contributed by atoms with Gasteiger partial charge in [0, 0.05) is 17.7 Å². The third-order valence-corrected chi connectivity index (χ3v) is 5.40. The summed E-state index contributed by atoms with van der Waals surface area (Å²) in [4.78, 5) is 27.1. The average molecular weight is 426 g/mol. The van der Waals surface area contributed by atoms with E-state index in [2.05, 4.69) is 0 Å². The molecule has 1 fully saturated rings. The molecule has 31 heavy (non-hydrogen) atoms. The van der Waals surface area contributed by atoms with Gasteiger partial charge in [0.05, 0.1) is 18.2 Å². The summed E-state index contributed by atoms with van der Waals surface area (Å²) in [6, 6.07) is 10.2. The molecule has 6 heteroatoms. The number of ketones is 1. The molecule has 1 atom stereocenters. The van der Waals surface area contributed by atoms with Crippen LogP contribution in [0.4, 0.5) is 4.39 Å². The summed E-state index contributed by atoms with van der Waals surface area (Å²) in [5, 5.41) is 11.1. The number of hydrogen-bond acceptors (Lipinski definition) is 4. The van der Waals surface area contributed by atoms with Crippen LogP contribution in [0, 0.1) is 12.7 Å². The van der Waals surface area contributed by atoms with Crippen molar-refractivity contribution in [3.8, 4) is 5.75 Å². The molecule has 1 aliphatic heterocycles. The number of halogens is 1. The van der Waals surface area contributed by atoms with Crippen LogP contribution < -0.4 is 4.74 Å². The second-order valence-corrected chi connectivity index (χ2v) is 7.70. The third-order valence-electron chi connectivity index (χ3n) is 5.40. The smallest absolute Gasteiger partial charge is 0.295 e. The lowest BCUT2D eigenvalue weighted by Gasteiger charge is -2.25. The minimum Gasteiger partial charge on any atom is -0.507 e. The van der Waals surface area contributed by atoms with Gasteiger partial charge in [-0.05, 0) is 49.6 Å². The molecule has 3 rings (SSSR count). The average Bonchev–Trinajstić information content (AvgIpc) is 3.01. The number of aliphatic hydroxyl groups excluding tert-OH is 1. The number of carbonyl (C=O) groups is 2. The number of benzene rings is 2. The van der Waals surface area contributed by atoms with Crippen molar-refractivity contribution in [1.29, 1.82) is 0 Å². The lowest BCUT2D eigenvalue weighted by molar-refractivity contribution is -0.139. The van der Waals surface area contributed by atoms with Crippen molar-refractivity contribution in [2.45, 2.75) is 46.1 Å². The summed E-state index contributed by atoms with van der Waals surface area (Å²) in [5.41, 5.74) is 1.28. The van der Waals surface area contributed by atoms with Gasteiger partial charge < -0.3 is 14.7 Å². The molecular weight excluding hydrogens is 397 g/mol. The largest absolute Gasteiger partial charge is 0.507 e. The Kier molecular flexibility index (Phi) is 7.10. The van der Waals surface area contributed by atoms with E-state index in [0.717, 1.165) is 18.4 Å². The predicted octanol–water partition coefficient (Wildman–Crippen LogP) is 5.14. The Bertz CT molecular complexity index is 1010. The quantitative estimate of drug-likeness (QED) is 0.361. The van der Waals surface area contributed by atoms with Gasteiger partial charge in [0.1, 0.15) is 17.3 Å². The monoisotopic (exact) mass is 425 g/mol. The Labute approximate surface area is 182 Å². The molecule has 1 saturated heterocycles. The molecule has 1 heterocycles. The zero-order valence-electron chi connectivity index (χ0n) is 18.2. The fourth-order valence-electron chi connectivity index (χ4n) is 3.79. The zero-order valence-corrected chi connectivity index (χ0v) is 18.2. The molecule has 0 aromatic heterocycles. The Hall–Kier alpha value is -3.15. The highest BCUT2D eigenvalue weighted by atomic mass is 19.1. The summed E-state index contributed by atoms with van der Waals surface area (Å²) in [6.45, 7) is 6.70. The summed E-state index contributed by atoms with van der Waals surface area (Å²) in [5.74, 6) is -1.67. The van der Waals surface area contributed by atoms with Crippen LogP contribution >= 0.6 is 0 Å². The van der Waals surface area contributed by atoms with E-state index in [9.17, 15) is 19.1 Å². The van der Waals surface area contributed by atoms with Gasteiger partial charge in [-0.2, -0.15) is 0 Å². The first-order valence-corrected chi connectivity index (χ1v) is 10.7. The number of nitrogens with zero attached hydrogens (tertiary/aromatic N) is 1. The zero-order chi connectivity index (χ0) is 22.5. The van der Waals surface area contributed by atoms with Gasteiger partial charge in [-0.25, -0.2) is 4.39 Å². The van der Waals surface area contributed by atoms with Crippen LogP contribution in [-0.4, -0.2) is 34.8 Å². The number of unbranched alkanes of at least 4 members (excludes halogenated alkanes) is 1. The van der Waals surface area contributed by atoms with Crippen molar-refractivity contribution in [2.75, 3.05) is 13.2 Å². The van der Waals surface area contributed by atoms with Crippen LogP contribution in [0.3, 0.4) is 0 Å². The van der Waals surface area contributed by atoms with Crippen molar-refractivity contribution in [3.63, 3.8) is 0 Å². The molecule has 1 amide bonds. The summed E-state index contributed by atoms with van der Waals surface area (Å²) in [7, 11) is 0. The van der Waals surface area contributed by atoms with E-state index in [4.69, 9.17) is 4.74 Å². The molecule has 2 aromatic rings. The number of aryl methyl sites for hydroxylation is 1. The molecule has 5 nitrogen and oxygen atoms in total. The van der Waals surface area contributed by atoms with Crippen LogP contribution in [0.5, 0.6) is 5.75 Å². The van der Waals surface area contributed by atoms with Crippen molar-refractivity contribution < 1.29 is 23.8 Å². The number of amides is 1. The number of rotatable bonds is 8. The van der Waals surface area contributed by atoms with Crippen LogP contribution in [0.25, 0.3) is 5.76 Å². The van der Waals surface area contributed by atoms with Crippen molar-refractivity contribution in [1.82, 2.24) is 4.90 Å². The molecule has 0 spiro atoms. The molecule has 0 radical (unpaired) electrons. The second kappa shape index (κ2) is 9.77. The van der Waals surface area contributed by atoms with Gasteiger partial charge in [-0.3, -0.25) is 9.59 Å². The summed E-state index contributed by atoms with van der Waals surface area (Å²) < 4.78 is 20.4. The minimum absolute atomic E-state index is 0.0900. The number of Topliss-reactive ketones (excluding diaryl/α,β-unsaturated/α-hetero) is 1. The van der Waals surface area contributed by atoms with E-state index in [-0.39, 0.29) is 16.9 Å². The summed E-state index contributed by atoms with van der Waals surface area (Å²) >= 11 is 0. The Balaban J connectivity index is 2.12. The van der Waals surface area contributed by atoms with E-state index in [1.54, 1.807) is 36.4 Å². The summed E-state index contributed by atoms with van der Waals surface area (Å²) in [6.07, 6.45) is 2.34. The molecule has 0 aliphatic carbocycles. The maximum atomic E-state index is 14.7. The van der Waals surface area contributed by atoms with Gasteiger partial charge in [0.2, 0.25) is 0 Å². The van der Waals surface area contributed by atoms with Gasteiger partial charge in [-0.1, -0.05) is 38.5 Å². The van der Waals surface area contributed by atoms with Crippen molar-refractivity contribution in [3.05, 3.63) is 70.5 Å². The molecule has 164 valence electrons. The first kappa shape index (κ1) is 22.5. The van der Waals surface area contributed by atoms with Gasteiger partial charge in [0.25, 0.3) is 11.7 Å². The maximum absolute atomic E-state index is 14.7. The number of ether oxygens (including phenoxy) is 1. The first-order valence-electron chi connectivity index (χ1n) is 10.7. The van der Waals surface area contributed by atoms with E-state index in [1.807, 2.05) is 20.8 Å². The van der Waals surface area contributed by atoms with E-state index in [0.29, 0.717) is 30.9 Å². The lowest BCUT2D eigenvalue weighted by Crippen LogP contribution is -2.31. The predicted molar refractivity (Wildman–Crippen MR) is 117 cm³/mol. The molecule has 1 aliphatic rings. The molecular formula is C25H28FNO4. The van der Waals surface area contributed by atoms with Crippen LogP contribution in [0.1, 0.15) is 55.8 Å². The highest BCUT2D eigenvalue weighted by Crippen LogP contribution is 2.40. The normalized spacial score (nSPS) is 17.9. The van der Waals surface area contributed by atoms with Crippen molar-refractivity contribution >= 4 is 17.4 Å². The number of aliphatic hydroxyl groups is 1. The van der Waals surface area contributed by atoms with Crippen LogP contribution in [0.2, 0.25) is 0 Å². The van der Waals surface area contributed by atoms with E-state index < -0.39 is 23.5 Å². The van der Waals surface area contributed by atoms with Crippen molar-refractivity contribution in [2.24, 2.45) is 0 Å². The Morgan fingerprint density at radius 3 is 2.52 bits per heavy atom. The molecule has 1 N–H and O–H groups in total. The number of hydrogen-bond donors (Lipinski definition) is 1. The number of carbonyl (C=O) groups excluding carboxylic acids is 2. The molecule has 1 unspecified atom stereocenters. The molecule has 0 bridgehead atoms. The van der Waals surface area contributed by atoms with Gasteiger partial charge in [-0.15, -0.1) is 0 Å². The Morgan fingerprint density at radius 2 is 1.87 bits per heavy atom. The Morgan fingerprint density at radius 1 is 1.13 bits per heavy atom. The maximum Gasteiger partial charge on any atom is 0.295 e. The standard InChI is InChI=1S/C25H28FNO4/c1-4-6-13-27-22(18-9-7-8-10-19(18)26)21(24(29)25(27)30)23(28)17-11-12-20(16(3)15-17)31-14-5-2/h7-12,15,22,28H,4-6,13-14H2,1-3H3/b23-21+. The third kappa shape index (κ3) is 4.48. The topological polar surface area (TPSA) is 66.8 Å². The minimum atomic E-state index is -0.968. The molecule has 2 aromatic carbocycles. The fraction of sp³-hybridized carbons (Fsp3) is 0.360. The first-order chi connectivity index (χ1) is 14.9. The number of likely N-dealkylation sites (tertiary alicyclic amines) is 1. The second-order valence-electron chi connectivity index (χ2n) is 7.70. The van der Waals surface area contributed by atoms with Crippen LogP contribution in [-0.2, 0) is 9.59 Å². The van der Waals surface area contributed by atoms with Crippen LogP contribution in [0.15, 0.2) is 48.0 Å². The lowest BCUT2D eigenvalue weighted by atomic mass is 9.94. The molecule has 0 saturated carbocycles.